The molecule has 0 atom stereocenters. The Morgan fingerprint density at radius 1 is 1.38 bits per heavy atom. The van der Waals surface area contributed by atoms with Gasteiger partial charge in [0.05, 0.1) is 6.61 Å². The number of rotatable bonds is 6. The van der Waals surface area contributed by atoms with E-state index in [0.717, 1.165) is 6.26 Å². The smallest absolute Gasteiger partial charge is 0.342 e. The molecule has 0 aromatic carbocycles. The minimum absolute atomic E-state index is 0.241. The van der Waals surface area contributed by atoms with E-state index in [1.165, 1.54) is 0 Å². The summed E-state index contributed by atoms with van der Waals surface area (Å²) in [6.45, 7) is 3.90. The van der Waals surface area contributed by atoms with Crippen LogP contribution in [-0.2, 0) is 14.3 Å². The van der Waals surface area contributed by atoms with Crippen LogP contribution in [0, 0.1) is 0 Å². The SMILES string of the molecule is CCCC(=O)C(=COCC)C(=O)O. The van der Waals surface area contributed by atoms with Crippen molar-refractivity contribution in [2.24, 2.45) is 0 Å². The Kier molecular flexibility index (Phi) is 5.59. The average molecular weight is 186 g/mol. The lowest BCUT2D eigenvalue weighted by Gasteiger charge is -2.00. The summed E-state index contributed by atoms with van der Waals surface area (Å²) in [5, 5.41) is 8.63. The van der Waals surface area contributed by atoms with Gasteiger partial charge in [-0.15, -0.1) is 0 Å². The minimum atomic E-state index is -1.23. The van der Waals surface area contributed by atoms with Crippen molar-refractivity contribution in [1.82, 2.24) is 0 Å². The Morgan fingerprint density at radius 3 is 2.38 bits per heavy atom. The van der Waals surface area contributed by atoms with Crippen LogP contribution >= 0.6 is 0 Å². The Morgan fingerprint density at radius 2 is 2.00 bits per heavy atom. The average Bonchev–Trinajstić information content (AvgIpc) is 2.05. The van der Waals surface area contributed by atoms with Gasteiger partial charge in [0.25, 0.3) is 0 Å². The van der Waals surface area contributed by atoms with Gasteiger partial charge < -0.3 is 9.84 Å². The second-order valence-corrected chi connectivity index (χ2v) is 2.47. The van der Waals surface area contributed by atoms with Crippen LogP contribution in [0.15, 0.2) is 11.8 Å². The first-order valence-corrected chi connectivity index (χ1v) is 4.21. The highest BCUT2D eigenvalue weighted by Gasteiger charge is 2.16. The second kappa shape index (κ2) is 6.22. The number of carbonyl (C=O) groups is 2. The molecule has 0 unspecified atom stereocenters. The van der Waals surface area contributed by atoms with Crippen LogP contribution in [0.2, 0.25) is 0 Å². The molecule has 0 saturated heterocycles. The van der Waals surface area contributed by atoms with Crippen molar-refractivity contribution in [1.29, 1.82) is 0 Å². The van der Waals surface area contributed by atoms with E-state index >= 15 is 0 Å². The first kappa shape index (κ1) is 11.7. The molecule has 0 aliphatic carbocycles. The molecule has 0 aliphatic heterocycles. The van der Waals surface area contributed by atoms with Crippen LogP contribution in [-0.4, -0.2) is 23.5 Å². The molecule has 13 heavy (non-hydrogen) atoms. The van der Waals surface area contributed by atoms with E-state index in [9.17, 15) is 9.59 Å². The van der Waals surface area contributed by atoms with Crippen LogP contribution in [0.1, 0.15) is 26.7 Å². The molecule has 4 nitrogen and oxygen atoms in total. The number of carboxylic acid groups (broad SMARTS) is 1. The summed E-state index contributed by atoms with van der Waals surface area (Å²) in [6.07, 6.45) is 1.89. The van der Waals surface area contributed by atoms with Gasteiger partial charge in [-0.05, 0) is 13.3 Å². The van der Waals surface area contributed by atoms with Crippen molar-refractivity contribution in [3.63, 3.8) is 0 Å². The van der Waals surface area contributed by atoms with Crippen LogP contribution in [0.5, 0.6) is 0 Å². The van der Waals surface area contributed by atoms with E-state index in [0.29, 0.717) is 13.0 Å². The number of ether oxygens (including phenoxy) is 1. The van der Waals surface area contributed by atoms with Gasteiger partial charge in [-0.1, -0.05) is 6.92 Å². The molecule has 0 saturated carbocycles. The first-order valence-electron chi connectivity index (χ1n) is 4.21. The van der Waals surface area contributed by atoms with Crippen molar-refractivity contribution in [3.8, 4) is 0 Å². The van der Waals surface area contributed by atoms with Gasteiger partial charge >= 0.3 is 5.97 Å². The zero-order valence-electron chi connectivity index (χ0n) is 7.87. The first-order chi connectivity index (χ1) is 6.13. The van der Waals surface area contributed by atoms with E-state index < -0.39 is 5.97 Å². The van der Waals surface area contributed by atoms with Gasteiger partial charge in [0.15, 0.2) is 5.78 Å². The van der Waals surface area contributed by atoms with E-state index in [-0.39, 0.29) is 17.8 Å². The summed E-state index contributed by atoms with van der Waals surface area (Å²) >= 11 is 0. The molecule has 4 heteroatoms. The molecular formula is C9H14O4. The fourth-order valence-corrected chi connectivity index (χ4v) is 0.764. The summed E-state index contributed by atoms with van der Waals surface area (Å²) in [4.78, 5) is 21.7. The van der Waals surface area contributed by atoms with E-state index in [1.807, 2.05) is 6.92 Å². The molecule has 0 heterocycles. The van der Waals surface area contributed by atoms with E-state index in [1.54, 1.807) is 6.92 Å². The molecule has 0 fully saturated rings. The molecule has 0 aliphatic rings. The summed E-state index contributed by atoms with van der Waals surface area (Å²) in [5.41, 5.74) is -0.274. The monoisotopic (exact) mass is 186 g/mol. The molecular weight excluding hydrogens is 172 g/mol. The molecule has 0 spiro atoms. The lowest BCUT2D eigenvalue weighted by atomic mass is 10.1. The van der Waals surface area contributed by atoms with E-state index in [4.69, 9.17) is 9.84 Å². The highest BCUT2D eigenvalue weighted by molar-refractivity contribution is 6.16. The fourth-order valence-electron chi connectivity index (χ4n) is 0.764. The van der Waals surface area contributed by atoms with Gasteiger partial charge in [0.1, 0.15) is 11.8 Å². The lowest BCUT2D eigenvalue weighted by molar-refractivity contribution is -0.134. The quantitative estimate of drug-likeness (QED) is 0.294. The maximum atomic E-state index is 11.2. The molecule has 1 N–H and O–H groups in total. The number of carboxylic acids is 1. The second-order valence-electron chi connectivity index (χ2n) is 2.47. The maximum Gasteiger partial charge on any atom is 0.342 e. The van der Waals surface area contributed by atoms with Gasteiger partial charge in [-0.25, -0.2) is 4.79 Å². The van der Waals surface area contributed by atoms with Crippen LogP contribution < -0.4 is 0 Å². The summed E-state index contributed by atoms with van der Waals surface area (Å²) in [5.74, 6) is -1.62. The van der Waals surface area contributed by atoms with Crippen molar-refractivity contribution in [3.05, 3.63) is 11.8 Å². The van der Waals surface area contributed by atoms with Gasteiger partial charge in [-0.3, -0.25) is 4.79 Å². The number of carbonyl (C=O) groups excluding carboxylic acids is 1. The van der Waals surface area contributed by atoms with Gasteiger partial charge in [0, 0.05) is 6.42 Å². The van der Waals surface area contributed by atoms with Crippen molar-refractivity contribution in [2.45, 2.75) is 26.7 Å². The molecule has 0 bridgehead atoms. The molecule has 0 radical (unpaired) electrons. The predicted octanol–water partition coefficient (Wildman–Crippen LogP) is 1.36. The molecule has 0 rings (SSSR count). The van der Waals surface area contributed by atoms with Crippen LogP contribution in [0.3, 0.4) is 0 Å². The molecule has 0 aromatic heterocycles. The van der Waals surface area contributed by atoms with Gasteiger partial charge in [0.2, 0.25) is 0 Å². The van der Waals surface area contributed by atoms with Crippen molar-refractivity contribution in [2.75, 3.05) is 6.61 Å². The largest absolute Gasteiger partial charge is 0.500 e. The highest BCUT2D eigenvalue weighted by atomic mass is 16.5. The number of hydrogen-bond donors (Lipinski definition) is 1. The third-order valence-electron chi connectivity index (χ3n) is 1.38. The standard InChI is InChI=1S/C9H14O4/c1-3-5-8(10)7(9(11)12)6-13-4-2/h6H,3-5H2,1-2H3,(H,11,12). The van der Waals surface area contributed by atoms with Crippen molar-refractivity contribution >= 4 is 11.8 Å². The number of aliphatic carboxylic acids is 1. The van der Waals surface area contributed by atoms with Crippen LogP contribution in [0.25, 0.3) is 0 Å². The Hall–Kier alpha value is -1.32. The number of ketones is 1. The lowest BCUT2D eigenvalue weighted by Crippen LogP contribution is -2.12. The Balaban J connectivity index is 4.41. The van der Waals surface area contributed by atoms with Crippen LogP contribution in [0.4, 0.5) is 0 Å². The molecule has 0 aromatic rings. The van der Waals surface area contributed by atoms with E-state index in [2.05, 4.69) is 0 Å². The van der Waals surface area contributed by atoms with Gasteiger partial charge in [-0.2, -0.15) is 0 Å². The maximum absolute atomic E-state index is 11.2. The third-order valence-corrected chi connectivity index (χ3v) is 1.38. The molecule has 74 valence electrons. The normalized spacial score (nSPS) is 11.1. The zero-order chi connectivity index (χ0) is 10.3. The molecule has 0 amide bonds. The Bertz CT molecular complexity index is 218. The summed E-state index contributed by atoms with van der Waals surface area (Å²) in [6, 6.07) is 0. The topological polar surface area (TPSA) is 63.6 Å². The zero-order valence-corrected chi connectivity index (χ0v) is 7.87. The summed E-state index contributed by atoms with van der Waals surface area (Å²) in [7, 11) is 0. The Labute approximate surface area is 77.2 Å². The number of hydrogen-bond acceptors (Lipinski definition) is 3. The summed E-state index contributed by atoms with van der Waals surface area (Å²) < 4.78 is 4.76. The van der Waals surface area contributed by atoms with Crippen molar-refractivity contribution < 1.29 is 19.4 Å². The minimum Gasteiger partial charge on any atom is -0.500 e. The fraction of sp³-hybridized carbons (Fsp3) is 0.556. The number of Topliss-reactive ketones (excluding diaryl/α,β-unsaturated/α-hetero) is 1. The highest BCUT2D eigenvalue weighted by Crippen LogP contribution is 2.03. The predicted molar refractivity (Wildman–Crippen MR) is 47.3 cm³/mol. The third kappa shape index (κ3) is 4.30.